The van der Waals surface area contributed by atoms with Gasteiger partial charge in [-0.3, -0.25) is 14.4 Å². The largest absolute Gasteiger partial charge is 0.351 e. The Hall–Kier alpha value is -2.37. The fraction of sp³-hybridized carbons (Fsp3) is 0.719. The third-order valence-electron chi connectivity index (χ3n) is 6.63. The van der Waals surface area contributed by atoms with Crippen molar-refractivity contribution in [1.29, 1.82) is 0 Å². The second-order valence-corrected chi connectivity index (χ2v) is 13.4. The van der Waals surface area contributed by atoms with E-state index in [1.54, 1.807) is 0 Å². The van der Waals surface area contributed by atoms with Crippen LogP contribution in [0, 0.1) is 29.1 Å². The van der Waals surface area contributed by atoms with Crippen molar-refractivity contribution in [3.8, 4) is 0 Å². The van der Waals surface area contributed by atoms with Gasteiger partial charge in [0.2, 0.25) is 17.7 Å². The number of hydrogen-bond acceptors (Lipinski definition) is 3. The number of nitrogens with one attached hydrogen (secondary N) is 3. The molecule has 0 aliphatic rings. The molecular weight excluding hydrogens is 474 g/mol. The molecule has 0 radical (unpaired) electrons. The van der Waals surface area contributed by atoms with E-state index in [9.17, 15) is 14.4 Å². The van der Waals surface area contributed by atoms with Gasteiger partial charge in [-0.25, -0.2) is 0 Å². The van der Waals surface area contributed by atoms with Crippen molar-refractivity contribution < 1.29 is 14.4 Å². The molecule has 6 heteroatoms. The summed E-state index contributed by atoms with van der Waals surface area (Å²) in [6, 6.07) is 8.80. The van der Waals surface area contributed by atoms with Crippen LogP contribution in [0.2, 0.25) is 0 Å². The molecule has 1 rings (SSSR count). The first-order valence-electron chi connectivity index (χ1n) is 14.5. The minimum atomic E-state index is -0.689. The first kappa shape index (κ1) is 33.7. The van der Waals surface area contributed by atoms with Crippen molar-refractivity contribution in [2.24, 2.45) is 29.1 Å². The molecule has 6 nitrogen and oxygen atoms in total. The van der Waals surface area contributed by atoms with Gasteiger partial charge in [-0.2, -0.15) is 0 Å². The van der Waals surface area contributed by atoms with Crippen LogP contribution < -0.4 is 16.0 Å². The Balaban J connectivity index is 3.08. The average molecular weight is 530 g/mol. The fourth-order valence-electron chi connectivity index (χ4n) is 5.34. The summed E-state index contributed by atoms with van der Waals surface area (Å²) in [5, 5.41) is 9.17. The molecule has 1 aromatic carbocycles. The summed E-state index contributed by atoms with van der Waals surface area (Å²) in [5.74, 6) is 0.261. The lowest BCUT2D eigenvalue weighted by Crippen LogP contribution is -2.57. The summed E-state index contributed by atoms with van der Waals surface area (Å²) in [6.07, 6.45) is 3.51. The third-order valence-corrected chi connectivity index (χ3v) is 6.63. The van der Waals surface area contributed by atoms with Gasteiger partial charge in [0.1, 0.15) is 12.1 Å². The lowest BCUT2D eigenvalue weighted by Gasteiger charge is -2.33. The van der Waals surface area contributed by atoms with Gasteiger partial charge in [-0.15, -0.1) is 0 Å². The molecule has 0 spiro atoms. The van der Waals surface area contributed by atoms with Gasteiger partial charge in [0.25, 0.3) is 0 Å². The summed E-state index contributed by atoms with van der Waals surface area (Å²) in [5.41, 5.74) is 1.23. The lowest BCUT2D eigenvalue weighted by molar-refractivity contribution is -0.133. The monoisotopic (exact) mass is 529 g/mol. The Morgan fingerprint density at radius 3 is 1.84 bits per heavy atom. The predicted molar refractivity (Wildman–Crippen MR) is 158 cm³/mol. The van der Waals surface area contributed by atoms with Gasteiger partial charge < -0.3 is 16.0 Å². The second-order valence-electron chi connectivity index (χ2n) is 13.4. The molecule has 38 heavy (non-hydrogen) atoms. The van der Waals surface area contributed by atoms with Crippen molar-refractivity contribution in [3.05, 3.63) is 35.9 Å². The number of benzene rings is 1. The molecule has 3 amide bonds. The van der Waals surface area contributed by atoms with Gasteiger partial charge in [0, 0.05) is 12.5 Å². The van der Waals surface area contributed by atoms with E-state index in [0.717, 1.165) is 19.3 Å². The maximum absolute atomic E-state index is 13.6. The van der Waals surface area contributed by atoms with E-state index in [4.69, 9.17) is 0 Å². The molecule has 216 valence electrons. The molecule has 0 saturated heterocycles. The quantitative estimate of drug-likeness (QED) is 0.249. The molecule has 0 aliphatic carbocycles. The smallest absolute Gasteiger partial charge is 0.243 e. The first-order valence-corrected chi connectivity index (χ1v) is 14.5. The zero-order valence-corrected chi connectivity index (χ0v) is 25.7. The standard InChI is InChI=1S/C32H55N3O3/c1-21(2)16-27(34-28(36)17-22(3)4)30(37)35-29(24(7)8)31(38)33-26(18-25-14-12-11-13-15-25)20-32(9,10)19-23(5)6/h11-15,21-24,26-27,29H,16-20H2,1-10H3,(H,33,38)(H,34,36)(H,35,37). The first-order chi connectivity index (χ1) is 17.6. The summed E-state index contributed by atoms with van der Waals surface area (Å²) in [7, 11) is 0. The van der Waals surface area contributed by atoms with Gasteiger partial charge in [-0.1, -0.05) is 99.6 Å². The molecule has 0 bridgehead atoms. The Bertz CT molecular complexity index is 862. The molecule has 1 aromatic rings. The molecule has 3 N–H and O–H groups in total. The fourth-order valence-corrected chi connectivity index (χ4v) is 5.34. The summed E-state index contributed by atoms with van der Waals surface area (Å²) >= 11 is 0. The maximum Gasteiger partial charge on any atom is 0.243 e. The molecule has 3 atom stereocenters. The summed E-state index contributed by atoms with van der Waals surface area (Å²) < 4.78 is 0. The molecule has 0 aromatic heterocycles. The number of rotatable bonds is 16. The Labute approximate surface area is 232 Å². The van der Waals surface area contributed by atoms with E-state index in [0.29, 0.717) is 18.8 Å². The van der Waals surface area contributed by atoms with Crippen molar-refractivity contribution >= 4 is 17.7 Å². The van der Waals surface area contributed by atoms with Crippen LogP contribution in [0.4, 0.5) is 0 Å². The topological polar surface area (TPSA) is 87.3 Å². The van der Waals surface area contributed by atoms with Crippen LogP contribution in [0.3, 0.4) is 0 Å². The highest BCUT2D eigenvalue weighted by molar-refractivity contribution is 5.92. The highest BCUT2D eigenvalue weighted by Gasteiger charge is 2.32. The van der Waals surface area contributed by atoms with Gasteiger partial charge in [0.15, 0.2) is 0 Å². The van der Waals surface area contributed by atoms with Crippen LogP contribution in [0.15, 0.2) is 30.3 Å². The van der Waals surface area contributed by atoms with Crippen LogP contribution in [0.5, 0.6) is 0 Å². The summed E-state index contributed by atoms with van der Waals surface area (Å²) in [4.78, 5) is 39.4. The average Bonchev–Trinajstić information content (AvgIpc) is 2.74. The third kappa shape index (κ3) is 13.4. The zero-order chi connectivity index (χ0) is 29.0. The molecule has 0 saturated carbocycles. The van der Waals surface area contributed by atoms with Crippen LogP contribution >= 0.6 is 0 Å². The highest BCUT2D eigenvalue weighted by Crippen LogP contribution is 2.31. The minimum Gasteiger partial charge on any atom is -0.351 e. The van der Waals surface area contributed by atoms with Crippen molar-refractivity contribution in [1.82, 2.24) is 16.0 Å². The van der Waals surface area contributed by atoms with Crippen LogP contribution in [0.1, 0.15) is 100 Å². The van der Waals surface area contributed by atoms with E-state index >= 15 is 0 Å². The number of hydrogen-bond donors (Lipinski definition) is 3. The Morgan fingerprint density at radius 1 is 0.737 bits per heavy atom. The van der Waals surface area contributed by atoms with E-state index in [1.807, 2.05) is 59.7 Å². The van der Waals surface area contributed by atoms with E-state index in [-0.39, 0.29) is 46.9 Å². The number of carbonyl (C=O) groups excluding carboxylic acids is 3. The Morgan fingerprint density at radius 2 is 1.34 bits per heavy atom. The highest BCUT2D eigenvalue weighted by atomic mass is 16.2. The number of amides is 3. The maximum atomic E-state index is 13.6. The molecule has 3 unspecified atom stereocenters. The van der Waals surface area contributed by atoms with Crippen molar-refractivity contribution in [3.63, 3.8) is 0 Å². The van der Waals surface area contributed by atoms with Crippen LogP contribution in [-0.2, 0) is 20.8 Å². The number of carbonyl (C=O) groups is 3. The summed E-state index contributed by atoms with van der Waals surface area (Å²) in [6.45, 7) is 20.8. The predicted octanol–water partition coefficient (Wildman–Crippen LogP) is 5.89. The van der Waals surface area contributed by atoms with Crippen molar-refractivity contribution in [2.75, 3.05) is 0 Å². The van der Waals surface area contributed by atoms with E-state index < -0.39 is 12.1 Å². The Kier molecular flexibility index (Phi) is 14.1. The minimum absolute atomic E-state index is 0.0561. The van der Waals surface area contributed by atoms with Crippen LogP contribution in [-0.4, -0.2) is 35.8 Å². The van der Waals surface area contributed by atoms with Gasteiger partial charge in [0.05, 0.1) is 0 Å². The van der Waals surface area contributed by atoms with Crippen molar-refractivity contribution in [2.45, 2.75) is 119 Å². The lowest BCUT2D eigenvalue weighted by atomic mass is 9.77. The van der Waals surface area contributed by atoms with E-state index in [2.05, 4.69) is 55.8 Å². The molecule has 0 aliphatic heterocycles. The second kappa shape index (κ2) is 15.9. The van der Waals surface area contributed by atoms with Gasteiger partial charge in [-0.05, 0) is 60.3 Å². The molecule has 0 heterocycles. The zero-order valence-electron chi connectivity index (χ0n) is 25.7. The molecular formula is C32H55N3O3. The molecule has 0 fully saturated rings. The van der Waals surface area contributed by atoms with E-state index in [1.165, 1.54) is 5.56 Å². The SMILES string of the molecule is CC(C)CC(=O)NC(CC(C)C)C(=O)NC(C(=O)NC(Cc1ccccc1)CC(C)(C)CC(C)C)C(C)C. The van der Waals surface area contributed by atoms with Gasteiger partial charge >= 0.3 is 0 Å². The normalized spacial score (nSPS) is 14.5. The van der Waals surface area contributed by atoms with Crippen LogP contribution in [0.25, 0.3) is 0 Å².